The zero-order valence-electron chi connectivity index (χ0n) is 10.8. The topological polar surface area (TPSA) is 55.1 Å². The fourth-order valence-electron chi connectivity index (χ4n) is 1.50. The number of nitrogens with one attached hydrogen (secondary N) is 1. The van der Waals surface area contributed by atoms with Gasteiger partial charge in [-0.3, -0.25) is 4.79 Å². The van der Waals surface area contributed by atoms with Crippen LogP contribution in [0.25, 0.3) is 0 Å². The largest absolute Gasteiger partial charge is 0.349 e. The Morgan fingerprint density at radius 2 is 2.29 bits per heavy atom. The molecular weight excluding hydrogens is 232 g/mol. The van der Waals surface area contributed by atoms with Gasteiger partial charge in [0, 0.05) is 13.0 Å². The number of hydrogen-bond acceptors (Lipinski definition) is 3. The van der Waals surface area contributed by atoms with Crippen LogP contribution in [-0.4, -0.2) is 18.0 Å². The fourth-order valence-corrected chi connectivity index (χ4v) is 2.21. The molecule has 0 aliphatic rings. The van der Waals surface area contributed by atoms with Crippen LogP contribution < -0.4 is 11.1 Å². The van der Waals surface area contributed by atoms with Gasteiger partial charge in [-0.25, -0.2) is 0 Å². The molecule has 1 amide bonds. The van der Waals surface area contributed by atoms with E-state index in [0.29, 0.717) is 18.9 Å². The van der Waals surface area contributed by atoms with E-state index in [1.54, 1.807) is 11.3 Å². The average Bonchev–Trinajstić information content (AvgIpc) is 2.78. The Morgan fingerprint density at radius 3 is 2.76 bits per heavy atom. The second-order valence-electron chi connectivity index (χ2n) is 4.96. The van der Waals surface area contributed by atoms with Crippen molar-refractivity contribution in [3.8, 4) is 0 Å². The molecule has 4 heteroatoms. The third kappa shape index (κ3) is 4.13. The highest BCUT2D eigenvalue weighted by Crippen LogP contribution is 2.15. The Bertz CT molecular complexity index is 348. The summed E-state index contributed by atoms with van der Waals surface area (Å²) >= 11 is 1.66. The summed E-state index contributed by atoms with van der Waals surface area (Å²) in [4.78, 5) is 11.9. The monoisotopic (exact) mass is 254 g/mol. The molecule has 0 saturated carbocycles. The lowest BCUT2D eigenvalue weighted by atomic mass is 9.88. The maximum absolute atomic E-state index is 11.9. The molecule has 1 atom stereocenters. The van der Waals surface area contributed by atoms with Crippen LogP contribution in [0.1, 0.15) is 32.8 Å². The predicted octanol–water partition coefficient (Wildman–Crippen LogP) is 2.17. The zero-order valence-corrected chi connectivity index (χ0v) is 11.6. The van der Waals surface area contributed by atoms with Crippen molar-refractivity contribution in [2.45, 2.75) is 39.2 Å². The zero-order chi connectivity index (χ0) is 12.9. The highest BCUT2D eigenvalue weighted by atomic mass is 32.1. The summed E-state index contributed by atoms with van der Waals surface area (Å²) in [7, 11) is 0. The third-order valence-corrected chi connectivity index (χ3v) is 4.08. The van der Waals surface area contributed by atoms with Gasteiger partial charge in [0.25, 0.3) is 0 Å². The molecule has 3 nitrogen and oxygen atoms in total. The Labute approximate surface area is 107 Å². The number of amides is 1. The van der Waals surface area contributed by atoms with Gasteiger partial charge in [-0.1, -0.05) is 13.8 Å². The van der Waals surface area contributed by atoms with Gasteiger partial charge >= 0.3 is 0 Å². The molecule has 0 spiro atoms. The van der Waals surface area contributed by atoms with Crippen LogP contribution in [0.3, 0.4) is 0 Å². The first-order valence-corrected chi connectivity index (χ1v) is 6.94. The Balaban J connectivity index is 2.43. The predicted molar refractivity (Wildman–Crippen MR) is 73.1 cm³/mol. The van der Waals surface area contributed by atoms with Gasteiger partial charge in [-0.15, -0.1) is 0 Å². The van der Waals surface area contributed by atoms with Gasteiger partial charge in [0.05, 0.1) is 5.54 Å². The molecule has 1 aromatic heterocycles. The highest BCUT2D eigenvalue weighted by molar-refractivity contribution is 7.07. The molecule has 0 radical (unpaired) electrons. The highest BCUT2D eigenvalue weighted by Gasteiger charge is 2.28. The molecule has 0 aliphatic heterocycles. The first kappa shape index (κ1) is 14.2. The molecule has 0 bridgehead atoms. The van der Waals surface area contributed by atoms with E-state index in [1.807, 2.05) is 12.3 Å². The first-order chi connectivity index (χ1) is 7.98. The van der Waals surface area contributed by atoms with Crippen molar-refractivity contribution in [3.63, 3.8) is 0 Å². The van der Waals surface area contributed by atoms with Crippen molar-refractivity contribution >= 4 is 17.2 Å². The van der Waals surface area contributed by atoms with Crippen molar-refractivity contribution in [2.75, 3.05) is 6.54 Å². The maximum Gasteiger partial charge on any atom is 0.220 e. The summed E-state index contributed by atoms with van der Waals surface area (Å²) in [5.74, 6) is 0.412. The third-order valence-electron chi connectivity index (χ3n) is 3.34. The molecule has 1 rings (SSSR count). The number of hydrogen-bond donors (Lipinski definition) is 2. The molecule has 96 valence electrons. The molecule has 3 N–H and O–H groups in total. The number of aryl methyl sites for hydroxylation is 1. The van der Waals surface area contributed by atoms with Crippen molar-refractivity contribution in [3.05, 3.63) is 22.4 Å². The lowest BCUT2D eigenvalue weighted by Gasteiger charge is -2.33. The molecule has 0 saturated heterocycles. The van der Waals surface area contributed by atoms with Crippen molar-refractivity contribution in [1.82, 2.24) is 5.32 Å². The number of thiophene rings is 1. The summed E-state index contributed by atoms with van der Waals surface area (Å²) in [6.45, 7) is 6.62. The van der Waals surface area contributed by atoms with Crippen LogP contribution in [-0.2, 0) is 11.2 Å². The minimum atomic E-state index is -0.300. The molecule has 0 aliphatic carbocycles. The van der Waals surface area contributed by atoms with Crippen molar-refractivity contribution in [2.24, 2.45) is 11.7 Å². The van der Waals surface area contributed by atoms with E-state index in [-0.39, 0.29) is 11.4 Å². The second-order valence-corrected chi connectivity index (χ2v) is 5.74. The molecule has 17 heavy (non-hydrogen) atoms. The van der Waals surface area contributed by atoms with Crippen LogP contribution in [0.2, 0.25) is 0 Å². The molecule has 1 unspecified atom stereocenters. The average molecular weight is 254 g/mol. The molecule has 1 heterocycles. The molecule has 1 aromatic rings. The number of carbonyl (C=O) groups excluding carboxylic acids is 1. The van der Waals surface area contributed by atoms with Crippen LogP contribution in [0.15, 0.2) is 16.8 Å². The number of rotatable bonds is 6. The molecular formula is C13H22N2OS. The Hall–Kier alpha value is -0.870. The summed E-state index contributed by atoms with van der Waals surface area (Å²) in [6.07, 6.45) is 1.33. The minimum Gasteiger partial charge on any atom is -0.349 e. The van der Waals surface area contributed by atoms with Gasteiger partial charge < -0.3 is 11.1 Å². The summed E-state index contributed by atoms with van der Waals surface area (Å²) in [5, 5.41) is 7.16. The van der Waals surface area contributed by atoms with E-state index < -0.39 is 0 Å². The molecule has 0 aromatic carbocycles. The molecule has 0 fully saturated rings. The van der Waals surface area contributed by atoms with E-state index in [9.17, 15) is 4.79 Å². The lowest BCUT2D eigenvalue weighted by Crippen LogP contribution is -2.55. The number of carbonyl (C=O) groups is 1. The van der Waals surface area contributed by atoms with Crippen LogP contribution in [0, 0.1) is 5.92 Å². The second kappa shape index (κ2) is 6.17. The lowest BCUT2D eigenvalue weighted by molar-refractivity contribution is -0.123. The van der Waals surface area contributed by atoms with E-state index in [4.69, 9.17) is 5.73 Å². The van der Waals surface area contributed by atoms with Gasteiger partial charge in [-0.05, 0) is 41.7 Å². The normalized spacial score (nSPS) is 14.6. The van der Waals surface area contributed by atoms with Crippen molar-refractivity contribution < 1.29 is 4.79 Å². The van der Waals surface area contributed by atoms with E-state index >= 15 is 0 Å². The summed E-state index contributed by atoms with van der Waals surface area (Å²) in [5.41, 5.74) is 6.66. The van der Waals surface area contributed by atoms with E-state index in [1.165, 1.54) is 5.56 Å². The van der Waals surface area contributed by atoms with Gasteiger partial charge in [0.1, 0.15) is 0 Å². The Kier molecular flexibility index (Phi) is 5.15. The van der Waals surface area contributed by atoms with Crippen LogP contribution >= 0.6 is 11.3 Å². The standard InChI is InChI=1S/C13H22N2OS/c1-10(2)13(3,9-14)15-12(16)5-4-11-6-7-17-8-11/h6-8,10H,4-5,9,14H2,1-3H3,(H,15,16). The van der Waals surface area contributed by atoms with Crippen LogP contribution in [0.4, 0.5) is 0 Å². The van der Waals surface area contributed by atoms with Gasteiger partial charge in [-0.2, -0.15) is 11.3 Å². The van der Waals surface area contributed by atoms with Crippen molar-refractivity contribution in [1.29, 1.82) is 0 Å². The minimum absolute atomic E-state index is 0.0813. The number of nitrogens with two attached hydrogens (primary N) is 1. The fraction of sp³-hybridized carbons (Fsp3) is 0.615. The summed E-state index contributed by atoms with van der Waals surface area (Å²) < 4.78 is 0. The summed E-state index contributed by atoms with van der Waals surface area (Å²) in [6, 6.07) is 2.06. The smallest absolute Gasteiger partial charge is 0.220 e. The van der Waals surface area contributed by atoms with Gasteiger partial charge in [0.2, 0.25) is 5.91 Å². The van der Waals surface area contributed by atoms with Gasteiger partial charge in [0.15, 0.2) is 0 Å². The first-order valence-electron chi connectivity index (χ1n) is 6.00. The Morgan fingerprint density at radius 1 is 1.59 bits per heavy atom. The maximum atomic E-state index is 11.9. The SMILES string of the molecule is CC(C)C(C)(CN)NC(=O)CCc1ccsc1. The quantitative estimate of drug-likeness (QED) is 0.817. The van der Waals surface area contributed by atoms with E-state index in [0.717, 1.165) is 6.42 Å². The van der Waals surface area contributed by atoms with E-state index in [2.05, 4.69) is 30.6 Å². The van der Waals surface area contributed by atoms with Crippen LogP contribution in [0.5, 0.6) is 0 Å².